The minimum Gasteiger partial charge on any atom is -0.508 e. The predicted molar refractivity (Wildman–Crippen MR) is 42.8 cm³/mol. The van der Waals surface area contributed by atoms with Crippen LogP contribution in [-0.2, 0) is 0 Å². The van der Waals surface area contributed by atoms with Crippen LogP contribution in [-0.4, -0.2) is 24.6 Å². The molecule has 0 unspecified atom stereocenters. The summed E-state index contributed by atoms with van der Waals surface area (Å²) < 4.78 is 0. The fourth-order valence-corrected chi connectivity index (χ4v) is 0.428. The second-order valence-electron chi connectivity index (χ2n) is 1.34. The van der Waals surface area contributed by atoms with E-state index in [2.05, 4.69) is 12.9 Å². The molecule has 9 heavy (non-hydrogen) atoms. The summed E-state index contributed by atoms with van der Waals surface area (Å²) in [5, 5.41) is 8.63. The minimum absolute atomic E-state index is 0.322. The molecule has 0 fully saturated rings. The van der Waals surface area contributed by atoms with Gasteiger partial charge in [-0.1, -0.05) is 18.2 Å². The molecule has 0 aliphatic carbocycles. The van der Waals surface area contributed by atoms with Crippen LogP contribution in [0.2, 0.25) is 0 Å². The fourth-order valence-electron chi connectivity index (χ4n) is 0.428. The van der Waals surface area contributed by atoms with Gasteiger partial charge in [0.1, 0.15) is 5.75 Å². The first-order chi connectivity index (χ1) is 4.39. The van der Waals surface area contributed by atoms with Gasteiger partial charge in [0.2, 0.25) is 0 Å². The van der Waals surface area contributed by atoms with Crippen molar-refractivity contribution in [1.82, 2.24) is 0 Å². The molecule has 1 rings (SSSR count). The van der Waals surface area contributed by atoms with E-state index in [-0.39, 0.29) is 0 Å². The molecule has 0 aliphatic rings. The molecular weight excluding hydrogens is 192 g/mol. The van der Waals surface area contributed by atoms with Gasteiger partial charge in [-0.05, 0) is 12.1 Å². The molecule has 0 aromatic heterocycles. The van der Waals surface area contributed by atoms with Gasteiger partial charge < -0.3 is 5.11 Å². The maximum atomic E-state index is 8.63. The topological polar surface area (TPSA) is 20.2 Å². The van der Waals surface area contributed by atoms with E-state index in [1.165, 1.54) is 0 Å². The number of phenolic OH excluding ortho intramolecular Hbond substituents is 1. The van der Waals surface area contributed by atoms with E-state index < -0.39 is 0 Å². The first kappa shape index (κ1) is 9.27. The summed E-state index contributed by atoms with van der Waals surface area (Å²) >= 11 is 4.64. The second kappa shape index (κ2) is 6.39. The normalized spacial score (nSPS) is 7.33. The van der Waals surface area contributed by atoms with E-state index in [0.717, 1.165) is 0 Å². The highest BCUT2D eigenvalue weighted by Gasteiger charge is 2.13. The Balaban J connectivity index is 0.000000291. The Bertz CT molecular complexity index is 143. The van der Waals surface area contributed by atoms with Crippen molar-refractivity contribution in [1.29, 1.82) is 0 Å². The van der Waals surface area contributed by atoms with E-state index in [0.29, 0.717) is 5.75 Å². The van der Waals surface area contributed by atoms with E-state index >= 15 is 0 Å². The summed E-state index contributed by atoms with van der Waals surface area (Å²) in [5.74, 6) is 0.322. The standard InChI is InChI=1S/C6H6O.BrH.Mg/c7-6-4-2-1-3-5-6;;/h1-5,7H;1H;/q;;+3/p-1. The number of para-hydroxylation sites is 1. The zero-order chi connectivity index (χ0) is 7.11. The van der Waals surface area contributed by atoms with E-state index in [9.17, 15) is 0 Å². The van der Waals surface area contributed by atoms with Crippen molar-refractivity contribution in [2.24, 2.45) is 0 Å². The zero-order valence-corrected chi connectivity index (χ0v) is 7.92. The van der Waals surface area contributed by atoms with Gasteiger partial charge >= 0.3 is 32.4 Å². The highest BCUT2D eigenvalue weighted by molar-refractivity contribution is 9.22. The van der Waals surface area contributed by atoms with Crippen LogP contribution in [0.15, 0.2) is 30.3 Å². The lowest BCUT2D eigenvalue weighted by molar-refractivity contribution is 0.475. The van der Waals surface area contributed by atoms with Crippen LogP contribution in [0.4, 0.5) is 0 Å². The number of benzene rings is 1. The Morgan fingerprint density at radius 3 is 1.78 bits per heavy atom. The van der Waals surface area contributed by atoms with Gasteiger partial charge in [-0.2, -0.15) is 0 Å². The van der Waals surface area contributed by atoms with Gasteiger partial charge in [0.15, 0.2) is 0 Å². The predicted octanol–water partition coefficient (Wildman–Crippen LogP) is 1.86. The average molecular weight is 198 g/mol. The molecule has 0 atom stereocenters. The van der Waals surface area contributed by atoms with Crippen molar-refractivity contribution in [3.63, 3.8) is 0 Å². The zero-order valence-electron chi connectivity index (χ0n) is 4.92. The summed E-state index contributed by atoms with van der Waals surface area (Å²) in [7, 11) is 0. The highest BCUT2D eigenvalue weighted by atomic mass is 79.9. The Hall–Kier alpha value is 0.266. The molecule has 0 bridgehead atoms. The maximum Gasteiger partial charge on any atom is 1.52 e. The molecule has 1 aromatic carbocycles. The van der Waals surface area contributed by atoms with Gasteiger partial charge in [-0.25, -0.2) is 0 Å². The number of rotatable bonds is 0. The van der Waals surface area contributed by atoms with Gasteiger partial charge in [-0.3, -0.25) is 0 Å². The fraction of sp³-hybridized carbons (Fsp3) is 0. The highest BCUT2D eigenvalue weighted by Crippen LogP contribution is 2.02. The molecule has 0 amide bonds. The molecule has 0 heterocycles. The number of hydrogen-bond donors (Lipinski definition) is 1. The van der Waals surface area contributed by atoms with E-state index in [4.69, 9.17) is 5.11 Å². The van der Waals surface area contributed by atoms with Crippen LogP contribution < -0.4 is 0 Å². The van der Waals surface area contributed by atoms with Crippen LogP contribution >= 0.6 is 12.9 Å². The molecule has 0 saturated heterocycles. The molecule has 7 radical (unpaired) electrons. The Labute approximate surface area is 73.4 Å². The Kier molecular flexibility index (Phi) is 6.58. The summed E-state index contributed by atoms with van der Waals surface area (Å²) in [6.07, 6.45) is 0. The van der Waals surface area contributed by atoms with E-state index in [1.807, 2.05) is 6.07 Å². The van der Waals surface area contributed by atoms with Crippen molar-refractivity contribution in [3.05, 3.63) is 30.3 Å². The van der Waals surface area contributed by atoms with Gasteiger partial charge in [0.05, 0.1) is 0 Å². The summed E-state index contributed by atoms with van der Waals surface area (Å²) in [4.78, 5) is 0. The first-order valence-electron chi connectivity index (χ1n) is 2.40. The molecule has 0 spiro atoms. The molecule has 1 N–H and O–H groups in total. The third-order valence-corrected chi connectivity index (χ3v) is 0.756. The number of aromatic hydroxyl groups is 1. The lowest BCUT2D eigenvalue weighted by atomic mass is 10.3. The second-order valence-corrected chi connectivity index (χ2v) is 1.34. The maximum absolute atomic E-state index is 8.63. The van der Waals surface area contributed by atoms with Gasteiger partial charge in [0.25, 0.3) is 0 Å². The summed E-state index contributed by atoms with van der Waals surface area (Å²) in [5.41, 5.74) is 0. The quantitative estimate of drug-likeness (QED) is 0.631. The van der Waals surface area contributed by atoms with E-state index in [1.54, 1.807) is 43.8 Å². The van der Waals surface area contributed by atoms with Crippen molar-refractivity contribution >= 4 is 32.4 Å². The largest absolute Gasteiger partial charge is 1.52 e. The van der Waals surface area contributed by atoms with Crippen LogP contribution in [0.25, 0.3) is 0 Å². The third kappa shape index (κ3) is 4.75. The van der Waals surface area contributed by atoms with Crippen molar-refractivity contribution in [2.45, 2.75) is 0 Å². The smallest absolute Gasteiger partial charge is 0.508 e. The molecule has 1 nitrogen and oxygen atoms in total. The minimum atomic E-state index is 0.322. The number of phenols is 1. The average Bonchev–Trinajstić information content (AvgIpc) is 1.94. The van der Waals surface area contributed by atoms with Crippen molar-refractivity contribution < 1.29 is 5.11 Å². The number of halogens is 1. The SMILES string of the molecule is Oc1ccccc1.[Mg+2][Br]. The molecule has 3 heteroatoms. The molecular formula is C6H6BrMgO+2. The first-order valence-corrected chi connectivity index (χ1v) is 6.30. The summed E-state index contributed by atoms with van der Waals surface area (Å²) in [6.45, 7) is 0. The Morgan fingerprint density at radius 1 is 1.11 bits per heavy atom. The molecule has 0 aliphatic heterocycles. The Morgan fingerprint density at radius 2 is 1.56 bits per heavy atom. The third-order valence-electron chi connectivity index (χ3n) is 0.756. The van der Waals surface area contributed by atoms with Crippen molar-refractivity contribution in [3.8, 4) is 5.75 Å². The molecule has 1 aromatic rings. The lowest BCUT2D eigenvalue weighted by Gasteiger charge is -1.82. The lowest BCUT2D eigenvalue weighted by Crippen LogP contribution is -1.56. The van der Waals surface area contributed by atoms with Crippen molar-refractivity contribution in [2.75, 3.05) is 0 Å². The van der Waals surface area contributed by atoms with Crippen LogP contribution in [0, 0.1) is 0 Å². The van der Waals surface area contributed by atoms with Crippen LogP contribution in [0.5, 0.6) is 5.75 Å². The summed E-state index contributed by atoms with van der Waals surface area (Å²) in [6, 6.07) is 8.71. The number of hydrogen-bond acceptors (Lipinski definition) is 1. The van der Waals surface area contributed by atoms with Gasteiger partial charge in [0, 0.05) is 0 Å². The van der Waals surface area contributed by atoms with Gasteiger partial charge in [-0.15, -0.1) is 0 Å². The molecule has 43 valence electrons. The monoisotopic (exact) mass is 197 g/mol. The van der Waals surface area contributed by atoms with Crippen LogP contribution in [0.1, 0.15) is 0 Å². The van der Waals surface area contributed by atoms with Crippen LogP contribution in [0.3, 0.4) is 0 Å². The molecule has 0 saturated carbocycles.